The van der Waals surface area contributed by atoms with Crippen molar-refractivity contribution in [2.45, 2.75) is 128 Å². The van der Waals surface area contributed by atoms with Gasteiger partial charge in [-0.3, -0.25) is 9.59 Å². The molecule has 0 saturated carbocycles. The topological polar surface area (TPSA) is 207 Å². The molecule has 18 nitrogen and oxygen atoms in total. The first-order valence-corrected chi connectivity index (χ1v) is 26.6. The third-order valence-electron chi connectivity index (χ3n) is 16.0. The predicted molar refractivity (Wildman–Crippen MR) is 280 cm³/mol. The second-order valence-electron chi connectivity index (χ2n) is 21.9. The van der Waals surface area contributed by atoms with Crippen molar-refractivity contribution in [3.8, 4) is 45.3 Å². The number of carbonyl (C=O) groups is 4. The van der Waals surface area contributed by atoms with E-state index in [0.717, 1.165) is 64.7 Å². The molecular weight excluding hydrogens is 974 g/mol. The van der Waals surface area contributed by atoms with Crippen LogP contribution >= 0.6 is 0 Å². The summed E-state index contributed by atoms with van der Waals surface area (Å²) in [5.74, 6) is 1.16. The van der Waals surface area contributed by atoms with Crippen LogP contribution in [0.15, 0.2) is 67.0 Å². The molecule has 0 unspecified atom stereocenters. The number of amides is 4. The monoisotopic (exact) mass is 1040 g/mol. The molecule has 8 heterocycles. The number of ether oxygens (including phenoxy) is 5. The third kappa shape index (κ3) is 9.51. The van der Waals surface area contributed by atoms with Gasteiger partial charge in [-0.1, -0.05) is 32.0 Å². The molecule has 6 aromatic rings. The number of likely N-dealkylation sites (tertiary alicyclic amines) is 2. The number of aryl methyl sites for hydroxylation is 1. The fourth-order valence-corrected chi connectivity index (χ4v) is 12.1. The number of rotatable bonds is 11. The molecule has 7 atom stereocenters. The highest BCUT2D eigenvalue weighted by atomic mass is 19.1. The molecule has 5 aliphatic heterocycles. The highest BCUT2D eigenvalue weighted by Gasteiger charge is 2.44. The first-order chi connectivity index (χ1) is 36.6. The fourth-order valence-electron chi connectivity index (χ4n) is 12.1. The van der Waals surface area contributed by atoms with Crippen molar-refractivity contribution in [3.63, 3.8) is 0 Å². The van der Waals surface area contributed by atoms with Crippen molar-refractivity contribution in [1.82, 2.24) is 44.9 Å². The number of methoxy groups -OCH3 is 2. The van der Waals surface area contributed by atoms with Gasteiger partial charge < -0.3 is 58.7 Å². The minimum atomic E-state index is -0.784. The van der Waals surface area contributed by atoms with Crippen LogP contribution in [-0.4, -0.2) is 116 Å². The molecule has 3 saturated heterocycles. The lowest BCUT2D eigenvalue weighted by atomic mass is 9.82. The highest BCUT2D eigenvalue weighted by molar-refractivity contribution is 5.93. The molecule has 400 valence electrons. The predicted octanol–water partition coefficient (Wildman–Crippen LogP) is 9.52. The molecule has 19 heteroatoms. The summed E-state index contributed by atoms with van der Waals surface area (Å²) in [7, 11) is 2.57. The van der Waals surface area contributed by atoms with Gasteiger partial charge in [-0.15, -0.1) is 0 Å². The van der Waals surface area contributed by atoms with Crippen molar-refractivity contribution >= 4 is 34.9 Å². The van der Waals surface area contributed by atoms with E-state index in [0.29, 0.717) is 85.3 Å². The molecule has 3 aromatic heterocycles. The van der Waals surface area contributed by atoms with Gasteiger partial charge in [0.2, 0.25) is 18.0 Å². The molecule has 3 aromatic carbocycles. The Labute approximate surface area is 440 Å². The lowest BCUT2D eigenvalue weighted by molar-refractivity contribution is -0.139. The number of hydrogen-bond donors (Lipinski definition) is 4. The average Bonchev–Trinajstić information content (AvgIpc) is 4.30. The van der Waals surface area contributed by atoms with Gasteiger partial charge in [0.05, 0.1) is 78.6 Å². The smallest absolute Gasteiger partial charge is 0.407 e. The average molecular weight is 1040 g/mol. The third-order valence-corrected chi connectivity index (χ3v) is 16.0. The minimum Gasteiger partial charge on any atom is -0.490 e. The Balaban J connectivity index is 0.914. The van der Waals surface area contributed by atoms with E-state index in [2.05, 4.69) is 45.7 Å². The lowest BCUT2D eigenvalue weighted by Crippen LogP contribution is -2.54. The van der Waals surface area contributed by atoms with Crippen LogP contribution in [0.4, 0.5) is 14.0 Å². The van der Waals surface area contributed by atoms with Crippen LogP contribution in [0.3, 0.4) is 0 Å². The van der Waals surface area contributed by atoms with Crippen molar-refractivity contribution in [2.24, 2.45) is 11.8 Å². The number of H-pyrrole nitrogens is 2. The summed E-state index contributed by atoms with van der Waals surface area (Å²) >= 11 is 0. The number of fused-ring (bicyclic) bond motifs is 6. The first kappa shape index (κ1) is 50.7. The molecule has 5 aliphatic rings. The number of nitrogens with zero attached hydrogens (tertiary/aromatic N) is 5. The first-order valence-electron chi connectivity index (χ1n) is 26.6. The fraction of sp³-hybridized carbons (Fsp3) is 0.474. The number of nitrogens with one attached hydrogen (secondary N) is 4. The molecule has 4 N–H and O–H groups in total. The summed E-state index contributed by atoms with van der Waals surface area (Å²) in [6.07, 6.45) is 7.40. The van der Waals surface area contributed by atoms with E-state index < -0.39 is 41.9 Å². The van der Waals surface area contributed by atoms with E-state index in [1.54, 1.807) is 17.3 Å². The second kappa shape index (κ2) is 20.3. The highest BCUT2D eigenvalue weighted by Crippen LogP contribution is 2.48. The zero-order chi connectivity index (χ0) is 53.2. The van der Waals surface area contributed by atoms with Crippen LogP contribution in [0.1, 0.15) is 121 Å². The zero-order valence-corrected chi connectivity index (χ0v) is 44.0. The van der Waals surface area contributed by atoms with Crippen LogP contribution in [0.25, 0.3) is 44.7 Å². The molecular formula is C57H66FN9O9. The Morgan fingerprint density at radius 1 is 0.789 bits per heavy atom. The SMILES string of the molecule is COC(=O)N[C@H](C(=O)N1CCC[C@H]1c1ncc(-c2cc(F)c3c(c2)O[C@@H](c2ccc4c(c2)O[C@@H](C)CC4)n2c-3cc3cc(-c4cnc([C@@H]5CCCN5C(=O)[C@@H](NC(=O)OC)[C@@H]5CCOC(C)(C)C5)[nH]4)ccc32)[nH]1)C(C)C. The number of alkyl carbamates (subject to hydrolysis) is 2. The van der Waals surface area contributed by atoms with Crippen molar-refractivity contribution in [3.05, 3.63) is 95.6 Å². The molecule has 0 spiro atoms. The summed E-state index contributed by atoms with van der Waals surface area (Å²) in [6, 6.07) is 15.3. The Kier molecular flexibility index (Phi) is 13.5. The number of carbonyl (C=O) groups excluding carboxylic acids is 4. The van der Waals surface area contributed by atoms with Crippen LogP contribution < -0.4 is 20.1 Å². The summed E-state index contributed by atoms with van der Waals surface area (Å²) < 4.78 is 48.2. The Morgan fingerprint density at radius 2 is 1.47 bits per heavy atom. The molecule has 3 fully saturated rings. The maximum atomic E-state index is 17.1. The van der Waals surface area contributed by atoms with Gasteiger partial charge in [0.15, 0.2) is 0 Å². The standard InChI is InChI=1S/C57H66FN9O9/c1-30(2)48(63-55(70)72-6)52(68)65-19-8-10-42(65)51-60-29-40(62-51)36-23-38(58)47-44-24-37-22-33(16-17-41(37)67(44)54(76-46(47)26-36)34-15-14-32-13-12-31(3)75-45(32)25-34)39-28-59-50(61-39)43-11-9-20-66(43)53(69)49(64-56(71)73-7)35-18-21-74-57(4,5)27-35/h14-17,22-26,28-31,35,42-43,48-49,54H,8-13,18-21,27H2,1-7H3,(H,59,61)(H,60,62)(H,63,70)(H,64,71)/t31-,35+,42-,43-,48-,49-,54-/m0/s1. The van der Waals surface area contributed by atoms with Gasteiger partial charge in [-0.2, -0.15) is 0 Å². The minimum absolute atomic E-state index is 0.0566. The van der Waals surface area contributed by atoms with Gasteiger partial charge >= 0.3 is 12.2 Å². The Bertz CT molecular complexity index is 3220. The van der Waals surface area contributed by atoms with Crippen LogP contribution in [0.2, 0.25) is 0 Å². The van der Waals surface area contributed by atoms with E-state index in [4.69, 9.17) is 33.7 Å². The Hall–Kier alpha value is -7.41. The van der Waals surface area contributed by atoms with E-state index in [9.17, 15) is 19.2 Å². The number of benzene rings is 3. The zero-order valence-electron chi connectivity index (χ0n) is 44.0. The number of aromatic nitrogens is 5. The summed E-state index contributed by atoms with van der Waals surface area (Å²) in [5.41, 5.74) is 5.97. The number of halogens is 1. The molecule has 0 radical (unpaired) electrons. The quantitative estimate of drug-likeness (QED) is 0.0961. The van der Waals surface area contributed by atoms with Gasteiger partial charge in [0, 0.05) is 41.8 Å². The van der Waals surface area contributed by atoms with Crippen LogP contribution in [0, 0.1) is 17.7 Å². The van der Waals surface area contributed by atoms with Gasteiger partial charge in [-0.25, -0.2) is 23.9 Å². The molecule has 11 rings (SSSR count). The van der Waals surface area contributed by atoms with Crippen LogP contribution in [0.5, 0.6) is 11.5 Å². The molecule has 4 amide bonds. The Morgan fingerprint density at radius 3 is 2.16 bits per heavy atom. The summed E-state index contributed by atoms with van der Waals surface area (Å²) in [4.78, 5) is 73.3. The maximum absolute atomic E-state index is 17.1. The molecule has 0 bridgehead atoms. The van der Waals surface area contributed by atoms with Crippen molar-refractivity contribution < 1.29 is 47.3 Å². The lowest BCUT2D eigenvalue weighted by Gasteiger charge is -2.40. The normalized spacial score (nSPS) is 22.5. The van der Waals surface area contributed by atoms with Crippen molar-refractivity contribution in [1.29, 1.82) is 0 Å². The van der Waals surface area contributed by atoms with E-state index in [-0.39, 0.29) is 41.8 Å². The summed E-state index contributed by atoms with van der Waals surface area (Å²) in [6.45, 7) is 11.3. The maximum Gasteiger partial charge on any atom is 0.407 e. The molecule has 0 aliphatic carbocycles. The van der Waals surface area contributed by atoms with Crippen LogP contribution in [-0.2, 0) is 30.2 Å². The van der Waals surface area contributed by atoms with Gasteiger partial charge in [-0.05, 0) is 126 Å². The summed E-state index contributed by atoms with van der Waals surface area (Å²) in [5, 5.41) is 6.40. The molecule has 76 heavy (non-hydrogen) atoms. The second-order valence-corrected chi connectivity index (χ2v) is 21.9. The number of imidazole rings is 2. The number of hydrogen-bond acceptors (Lipinski definition) is 11. The van der Waals surface area contributed by atoms with E-state index >= 15 is 4.39 Å². The number of aromatic amines is 2. The van der Waals surface area contributed by atoms with Crippen molar-refractivity contribution in [2.75, 3.05) is 33.9 Å². The van der Waals surface area contributed by atoms with E-state index in [1.165, 1.54) is 20.3 Å². The van der Waals surface area contributed by atoms with Gasteiger partial charge in [0.25, 0.3) is 0 Å². The van der Waals surface area contributed by atoms with E-state index in [1.807, 2.05) is 67.5 Å². The largest absolute Gasteiger partial charge is 0.490 e. The van der Waals surface area contributed by atoms with Gasteiger partial charge in [0.1, 0.15) is 41.0 Å².